The van der Waals surface area contributed by atoms with Crippen molar-refractivity contribution in [3.63, 3.8) is 0 Å². The summed E-state index contributed by atoms with van der Waals surface area (Å²) in [6.07, 6.45) is 1.78. The van der Waals surface area contributed by atoms with Gasteiger partial charge < -0.3 is 15.0 Å². The van der Waals surface area contributed by atoms with Gasteiger partial charge in [0, 0.05) is 30.5 Å². The van der Waals surface area contributed by atoms with Gasteiger partial charge in [0.05, 0.1) is 46.9 Å². The summed E-state index contributed by atoms with van der Waals surface area (Å²) in [6, 6.07) is 13.1. The van der Waals surface area contributed by atoms with Crippen LogP contribution in [-0.2, 0) is 16.8 Å². The number of anilines is 1. The first-order valence-electron chi connectivity index (χ1n) is 11.7. The van der Waals surface area contributed by atoms with Crippen molar-refractivity contribution < 1.29 is 9.53 Å². The average molecular weight is 493 g/mol. The number of hydrogen-bond acceptors (Lipinski definition) is 5. The number of benzene rings is 2. The van der Waals surface area contributed by atoms with Crippen molar-refractivity contribution in [2.45, 2.75) is 32.9 Å². The Labute approximate surface area is 209 Å². The van der Waals surface area contributed by atoms with Crippen molar-refractivity contribution in [3.8, 4) is 11.3 Å². The van der Waals surface area contributed by atoms with Crippen LogP contribution in [0, 0.1) is 0 Å². The summed E-state index contributed by atoms with van der Waals surface area (Å²) >= 11 is 6.45. The molecule has 2 aromatic heterocycles. The van der Waals surface area contributed by atoms with Gasteiger partial charge in [0.2, 0.25) is 0 Å². The lowest BCUT2D eigenvalue weighted by Gasteiger charge is -2.25. The van der Waals surface area contributed by atoms with Crippen LogP contribution in [0.2, 0.25) is 5.02 Å². The van der Waals surface area contributed by atoms with Crippen molar-refractivity contribution in [2.75, 3.05) is 31.6 Å². The predicted molar refractivity (Wildman–Crippen MR) is 138 cm³/mol. The molecule has 1 aliphatic rings. The van der Waals surface area contributed by atoms with Gasteiger partial charge >= 0.3 is 0 Å². The standard InChI is InChI=1S/C26H29ClN6O2/c1-26(2,3)33-15-19(24(31-33)18-6-4-5-7-20(18)27)25(34)28-17-8-9-21-22(14-17)30-23(29-21)16-32-10-12-35-13-11-32/h4-9,14-15H,10-13,16H2,1-3H3,(H,28,34)(H,29,30). The Hall–Kier alpha value is -3.20. The lowest BCUT2D eigenvalue weighted by Crippen LogP contribution is -2.35. The van der Waals surface area contributed by atoms with Crippen molar-refractivity contribution >= 4 is 34.2 Å². The third-order valence-corrected chi connectivity index (χ3v) is 6.37. The number of fused-ring (bicyclic) bond motifs is 1. The van der Waals surface area contributed by atoms with E-state index in [-0.39, 0.29) is 11.4 Å². The van der Waals surface area contributed by atoms with Crippen LogP contribution in [0.1, 0.15) is 37.0 Å². The highest BCUT2D eigenvalue weighted by molar-refractivity contribution is 6.33. The Balaban J connectivity index is 1.41. The van der Waals surface area contributed by atoms with Gasteiger partial charge in [-0.25, -0.2) is 4.98 Å². The van der Waals surface area contributed by atoms with Crippen LogP contribution in [0.4, 0.5) is 5.69 Å². The monoisotopic (exact) mass is 492 g/mol. The highest BCUT2D eigenvalue weighted by Crippen LogP contribution is 2.31. The van der Waals surface area contributed by atoms with Crippen LogP contribution in [0.3, 0.4) is 0 Å². The van der Waals surface area contributed by atoms with E-state index in [0.717, 1.165) is 55.3 Å². The van der Waals surface area contributed by atoms with E-state index >= 15 is 0 Å². The SMILES string of the molecule is CC(C)(C)n1cc(C(=O)Nc2ccc3nc(CN4CCOCC4)[nH]c3c2)c(-c2ccccc2Cl)n1. The number of aromatic nitrogens is 4. The number of aromatic amines is 1. The van der Waals surface area contributed by atoms with Gasteiger partial charge in [0.15, 0.2) is 0 Å². The largest absolute Gasteiger partial charge is 0.379 e. The van der Waals surface area contributed by atoms with Crippen molar-refractivity contribution in [1.82, 2.24) is 24.6 Å². The second-order valence-electron chi connectivity index (χ2n) is 9.74. The van der Waals surface area contributed by atoms with E-state index in [1.54, 1.807) is 16.9 Å². The number of nitrogens with one attached hydrogen (secondary N) is 2. The van der Waals surface area contributed by atoms with Crippen LogP contribution in [0.5, 0.6) is 0 Å². The van der Waals surface area contributed by atoms with Gasteiger partial charge in [0.1, 0.15) is 11.5 Å². The predicted octanol–water partition coefficient (Wildman–Crippen LogP) is 4.92. The minimum Gasteiger partial charge on any atom is -0.379 e. The smallest absolute Gasteiger partial charge is 0.259 e. The number of ether oxygens (including phenoxy) is 1. The number of rotatable bonds is 5. The van der Waals surface area contributed by atoms with Crippen LogP contribution in [0.15, 0.2) is 48.7 Å². The zero-order valence-corrected chi connectivity index (χ0v) is 20.9. The number of hydrogen-bond donors (Lipinski definition) is 2. The minimum atomic E-state index is -0.291. The summed E-state index contributed by atoms with van der Waals surface area (Å²) in [6.45, 7) is 10.2. The van der Waals surface area contributed by atoms with Crippen LogP contribution >= 0.6 is 11.6 Å². The summed E-state index contributed by atoms with van der Waals surface area (Å²) in [5.41, 5.74) is 3.87. The highest BCUT2D eigenvalue weighted by atomic mass is 35.5. The molecule has 4 aromatic rings. The van der Waals surface area contributed by atoms with Crippen LogP contribution < -0.4 is 5.32 Å². The Morgan fingerprint density at radius 2 is 1.94 bits per heavy atom. The molecule has 1 fully saturated rings. The molecule has 0 bridgehead atoms. The Morgan fingerprint density at radius 1 is 1.17 bits per heavy atom. The molecule has 0 atom stereocenters. The number of morpholine rings is 1. The van der Waals surface area contributed by atoms with Crippen molar-refractivity contribution in [1.29, 1.82) is 0 Å². The van der Waals surface area contributed by atoms with Crippen molar-refractivity contribution in [2.24, 2.45) is 0 Å². The van der Waals surface area contributed by atoms with Gasteiger partial charge in [-0.1, -0.05) is 29.8 Å². The van der Waals surface area contributed by atoms with Gasteiger partial charge in [0.25, 0.3) is 5.91 Å². The fraction of sp³-hybridized carbons (Fsp3) is 0.346. The summed E-state index contributed by atoms with van der Waals surface area (Å²) in [5.74, 6) is 0.653. The molecule has 5 rings (SSSR count). The van der Waals surface area contributed by atoms with Crippen molar-refractivity contribution in [3.05, 3.63) is 65.1 Å². The Bertz CT molecular complexity index is 1360. The first-order chi connectivity index (χ1) is 16.8. The second-order valence-corrected chi connectivity index (χ2v) is 10.2. The summed E-state index contributed by atoms with van der Waals surface area (Å²) in [4.78, 5) is 23.8. The van der Waals surface area contributed by atoms with Gasteiger partial charge in [-0.3, -0.25) is 14.4 Å². The number of nitrogens with zero attached hydrogens (tertiary/aromatic N) is 4. The lowest BCUT2D eigenvalue weighted by atomic mass is 10.1. The molecule has 1 amide bonds. The number of carbonyl (C=O) groups is 1. The molecule has 1 saturated heterocycles. The maximum absolute atomic E-state index is 13.4. The minimum absolute atomic E-state index is 0.247. The molecule has 8 nitrogen and oxygen atoms in total. The molecule has 182 valence electrons. The quantitative estimate of drug-likeness (QED) is 0.413. The number of imidazole rings is 1. The zero-order valence-electron chi connectivity index (χ0n) is 20.1. The summed E-state index contributed by atoms with van der Waals surface area (Å²) in [7, 11) is 0. The molecule has 2 N–H and O–H groups in total. The molecule has 9 heteroatoms. The number of H-pyrrole nitrogens is 1. The van der Waals surface area contributed by atoms with E-state index in [1.165, 1.54) is 0 Å². The molecule has 0 radical (unpaired) electrons. The first-order valence-corrected chi connectivity index (χ1v) is 12.1. The van der Waals surface area contributed by atoms with E-state index < -0.39 is 0 Å². The van der Waals surface area contributed by atoms with Crippen LogP contribution in [0.25, 0.3) is 22.3 Å². The maximum Gasteiger partial charge on any atom is 0.259 e. The molecule has 1 aliphatic heterocycles. The van der Waals surface area contributed by atoms with Gasteiger partial charge in [-0.15, -0.1) is 0 Å². The maximum atomic E-state index is 13.4. The molecule has 2 aromatic carbocycles. The summed E-state index contributed by atoms with van der Waals surface area (Å²) < 4.78 is 7.23. The topological polar surface area (TPSA) is 88.1 Å². The third-order valence-electron chi connectivity index (χ3n) is 6.04. The number of halogens is 1. The molecule has 0 spiro atoms. The third kappa shape index (κ3) is 5.10. The fourth-order valence-corrected chi connectivity index (χ4v) is 4.35. The molecule has 3 heterocycles. The first kappa shape index (κ1) is 23.5. The summed E-state index contributed by atoms with van der Waals surface area (Å²) in [5, 5.41) is 8.30. The number of amides is 1. The number of carbonyl (C=O) groups excluding carboxylic acids is 1. The molecular formula is C26H29ClN6O2. The molecule has 0 unspecified atom stereocenters. The second kappa shape index (κ2) is 9.45. The van der Waals surface area contributed by atoms with Gasteiger partial charge in [-0.05, 0) is 45.0 Å². The molecule has 0 aliphatic carbocycles. The van der Waals surface area contributed by atoms with E-state index in [2.05, 4.69) is 15.2 Å². The molecule has 35 heavy (non-hydrogen) atoms. The Morgan fingerprint density at radius 3 is 2.69 bits per heavy atom. The molecule has 0 saturated carbocycles. The van der Waals surface area contributed by atoms with Gasteiger partial charge in [-0.2, -0.15) is 5.10 Å². The Kier molecular flexibility index (Phi) is 6.35. The normalized spacial score (nSPS) is 15.0. The van der Waals surface area contributed by atoms with E-state index in [0.29, 0.717) is 22.0 Å². The zero-order chi connectivity index (χ0) is 24.6. The average Bonchev–Trinajstić information content (AvgIpc) is 3.44. The highest BCUT2D eigenvalue weighted by Gasteiger charge is 2.24. The van der Waals surface area contributed by atoms with E-state index in [4.69, 9.17) is 26.4 Å². The van der Waals surface area contributed by atoms with Crippen LogP contribution in [-0.4, -0.2) is 56.9 Å². The lowest BCUT2D eigenvalue weighted by molar-refractivity contribution is 0.0332. The van der Waals surface area contributed by atoms with E-state index in [9.17, 15) is 4.79 Å². The van der Waals surface area contributed by atoms with E-state index in [1.807, 2.05) is 57.2 Å². The fourth-order valence-electron chi connectivity index (χ4n) is 4.12. The molecular weight excluding hydrogens is 464 g/mol.